The van der Waals surface area contributed by atoms with E-state index in [1.807, 2.05) is 12.1 Å². The first-order valence-electron chi connectivity index (χ1n) is 33.7. The molecule has 3 saturated heterocycles. The van der Waals surface area contributed by atoms with Crippen LogP contribution in [0.3, 0.4) is 0 Å². The van der Waals surface area contributed by atoms with Crippen molar-refractivity contribution in [2.75, 3.05) is 68.8 Å². The number of aldehydes is 1. The Morgan fingerprint density at radius 3 is 1.63 bits per heavy atom. The van der Waals surface area contributed by atoms with E-state index in [0.717, 1.165) is 132 Å². The molecule has 16 rings (SSSR count). The van der Waals surface area contributed by atoms with Gasteiger partial charge in [0.1, 0.15) is 83.5 Å². The van der Waals surface area contributed by atoms with Crippen molar-refractivity contribution in [3.8, 4) is 23.0 Å². The second kappa shape index (κ2) is 27.1. The molecule has 2 unspecified atom stereocenters. The number of fused-ring (bicyclic) bond motifs is 4. The number of nitrogens with one attached hydrogen (secondary N) is 2. The Morgan fingerprint density at radius 2 is 1.09 bits per heavy atom. The maximum absolute atomic E-state index is 13.2. The summed E-state index contributed by atoms with van der Waals surface area (Å²) in [6.07, 6.45) is 8.55. The summed E-state index contributed by atoms with van der Waals surface area (Å²) in [4.78, 5) is 145. The monoisotopic (exact) mass is 1340 g/mol. The predicted octanol–water partition coefficient (Wildman–Crippen LogP) is 5.86. The van der Waals surface area contributed by atoms with E-state index in [0.29, 0.717) is 44.3 Å². The normalized spacial score (nSPS) is 22.4. The highest BCUT2D eigenvalue weighted by Crippen LogP contribution is 2.42. The van der Waals surface area contributed by atoms with Gasteiger partial charge >= 0.3 is 0 Å². The first-order chi connectivity index (χ1) is 47.8. The number of imide groups is 3. The minimum Gasteiger partial charge on any atom is -0.492 e. The van der Waals surface area contributed by atoms with Crippen LogP contribution < -0.4 is 39.4 Å². The number of aromatic nitrogens is 4. The molecule has 4 aromatic carbocycles. The number of hydrogen-bond donors (Lipinski definition) is 2. The van der Waals surface area contributed by atoms with Gasteiger partial charge in [-0.3, -0.25) is 73.2 Å². The van der Waals surface area contributed by atoms with Gasteiger partial charge in [-0.2, -0.15) is 0 Å². The second-order valence-corrected chi connectivity index (χ2v) is 27.1. The van der Waals surface area contributed by atoms with Crippen molar-refractivity contribution in [1.82, 2.24) is 45.3 Å². The number of piperazine rings is 2. The molecule has 0 bridgehead atoms. The van der Waals surface area contributed by atoms with Gasteiger partial charge in [0.2, 0.25) is 11.8 Å². The van der Waals surface area contributed by atoms with Crippen LogP contribution in [0.5, 0.6) is 23.0 Å². The first-order valence-corrected chi connectivity index (χ1v) is 33.7. The summed E-state index contributed by atoms with van der Waals surface area (Å²) in [6, 6.07) is 24.6. The number of carbonyl (C=O) groups is 9. The third-order valence-electron chi connectivity index (χ3n) is 19.7. The predicted molar refractivity (Wildman–Crippen MR) is 360 cm³/mol. The van der Waals surface area contributed by atoms with E-state index in [4.69, 9.17) is 28.9 Å². The molecule has 0 radical (unpaired) electrons. The number of Topliss-reactive ketones (excluding diaryl/α,β-unsaturated/α-hetero) is 2. The number of hydrogen-bond acceptors (Lipinski definition) is 23. The zero-order valence-electron chi connectivity index (χ0n) is 55.5. The molecule has 7 aliphatic heterocycles. The number of amides is 6. The summed E-state index contributed by atoms with van der Waals surface area (Å²) in [7, 11) is 0. The zero-order chi connectivity index (χ0) is 68.9. The van der Waals surface area contributed by atoms with E-state index >= 15 is 0 Å². The number of anilines is 2. The first kappa shape index (κ1) is 65.8. The smallest absolute Gasteiger partial charge is 0.262 e. The van der Waals surface area contributed by atoms with E-state index in [1.165, 1.54) is 29.3 Å². The molecule has 2 aromatic heterocycles. The Hall–Kier alpha value is -10.5. The fourth-order valence-corrected chi connectivity index (χ4v) is 13.7. The van der Waals surface area contributed by atoms with Crippen LogP contribution in [-0.4, -0.2) is 194 Å². The van der Waals surface area contributed by atoms with Crippen LogP contribution in [0.4, 0.5) is 11.6 Å². The third kappa shape index (κ3) is 13.9. The summed E-state index contributed by atoms with van der Waals surface area (Å²) in [5.41, 5.74) is 8.85. The highest BCUT2D eigenvalue weighted by atomic mass is 16.5. The maximum Gasteiger partial charge on any atom is 0.262 e. The van der Waals surface area contributed by atoms with Gasteiger partial charge in [-0.15, -0.1) is 0 Å². The summed E-state index contributed by atoms with van der Waals surface area (Å²) in [6.45, 7) is 16.2. The Kier molecular flexibility index (Phi) is 18.0. The quantitative estimate of drug-likeness (QED) is 0.0614. The number of ketones is 2. The van der Waals surface area contributed by atoms with E-state index in [-0.39, 0.29) is 95.5 Å². The molecule has 3 aliphatic carbocycles. The lowest BCUT2D eigenvalue weighted by molar-refractivity contribution is -0.136. The van der Waals surface area contributed by atoms with Crippen molar-refractivity contribution in [2.45, 2.75) is 134 Å². The van der Waals surface area contributed by atoms with E-state index in [9.17, 15) is 43.2 Å². The van der Waals surface area contributed by atoms with Gasteiger partial charge in [0.05, 0.1) is 70.6 Å². The minimum absolute atomic E-state index is 0.0191. The van der Waals surface area contributed by atoms with Crippen LogP contribution in [0.2, 0.25) is 0 Å². The van der Waals surface area contributed by atoms with Crippen molar-refractivity contribution >= 4 is 76.4 Å². The molecular weight excluding hydrogens is 1270 g/mol. The lowest BCUT2D eigenvalue weighted by atomic mass is 9.92. The molecule has 510 valence electrons. The van der Waals surface area contributed by atoms with Gasteiger partial charge in [0.25, 0.3) is 23.6 Å². The van der Waals surface area contributed by atoms with Gasteiger partial charge in [-0.05, 0) is 138 Å². The molecule has 0 spiro atoms. The molecule has 6 fully saturated rings. The van der Waals surface area contributed by atoms with Crippen molar-refractivity contribution in [2.24, 2.45) is 9.98 Å². The number of benzene rings is 4. The van der Waals surface area contributed by atoms with Gasteiger partial charge in [-0.25, -0.2) is 19.9 Å². The number of carbonyl (C=O) groups excluding carboxylic acids is 9. The van der Waals surface area contributed by atoms with Crippen LogP contribution in [0, 0.1) is 0 Å². The van der Waals surface area contributed by atoms with E-state index in [1.54, 1.807) is 30.9 Å². The molecule has 3 saturated carbocycles. The topological polar surface area (TPSA) is 307 Å². The largest absolute Gasteiger partial charge is 0.492 e. The highest BCUT2D eigenvalue weighted by Gasteiger charge is 2.47. The van der Waals surface area contributed by atoms with Crippen LogP contribution in [0.25, 0.3) is 0 Å². The lowest BCUT2D eigenvalue weighted by Crippen LogP contribution is -2.54. The number of ether oxygens (including phenoxy) is 4. The van der Waals surface area contributed by atoms with Crippen LogP contribution in [0.15, 0.2) is 108 Å². The summed E-state index contributed by atoms with van der Waals surface area (Å²) >= 11 is 0. The SMILES string of the molecule is C[C@H]1CN(c2cc(C3=NCc4ccc(OC5(C)CC5)cc43)ncn2)CCN1.C[C@H]1CN(c2cc(C3=NCc4ccc(OC5(C)CC5)cc43)ncn2)CCN1CCOc1ccc2c(c1)C(=O)N(C1CCC(=O)CC1=O)C2=O.O=CCOc1ccc2c(c1)C(=O)N(C1CCC(=O)NC1=O)C2=O. The Morgan fingerprint density at radius 1 is 0.566 bits per heavy atom. The third-order valence-corrected chi connectivity index (χ3v) is 19.7. The molecular formula is C73H75N13O13. The van der Waals surface area contributed by atoms with Crippen molar-refractivity contribution in [3.63, 3.8) is 0 Å². The molecule has 6 aromatic rings. The van der Waals surface area contributed by atoms with E-state index in [2.05, 4.69) is 109 Å². The van der Waals surface area contributed by atoms with Gasteiger partial charge in [0, 0.05) is 94.0 Å². The van der Waals surface area contributed by atoms with Crippen LogP contribution >= 0.6 is 0 Å². The Balaban J connectivity index is 0.000000140. The molecule has 9 heterocycles. The summed E-state index contributed by atoms with van der Waals surface area (Å²) in [5.74, 6) is 0.584. The lowest BCUT2D eigenvalue weighted by Gasteiger charge is -2.40. The molecule has 6 amide bonds. The average Bonchev–Trinajstić information content (AvgIpc) is 1.67. The number of piperidine rings is 1. The van der Waals surface area contributed by atoms with Gasteiger partial charge in [0.15, 0.2) is 12.1 Å². The molecule has 26 nitrogen and oxygen atoms in total. The van der Waals surface area contributed by atoms with Crippen LogP contribution in [0.1, 0.15) is 161 Å². The molecule has 99 heavy (non-hydrogen) atoms. The number of nitrogens with zero attached hydrogens (tertiary/aromatic N) is 11. The van der Waals surface area contributed by atoms with Crippen molar-refractivity contribution in [1.29, 1.82) is 0 Å². The number of rotatable bonds is 17. The average molecular weight is 1340 g/mol. The fourth-order valence-electron chi connectivity index (χ4n) is 13.7. The second-order valence-electron chi connectivity index (χ2n) is 27.1. The standard InChI is InChI=1S/C37H38N6O6.C21H25N5O.C15H12N2O6/c1-22-20-42(33-18-30(39-21-40-33)34-28-17-26(49-37(2)9-10-37)5-3-23(28)19-38-34)12-11-41(22)13-14-48-25-6-7-27-29(16-25)36(47)43(35(27)46)31-8-4-24(44)15-32(31)45;1-14-12-26(8-7-22-14)19-10-18(24-13-25-19)20-17-9-16(27-21(2)5-6-21)4-3-15(17)11-23-20;18-5-6-23-8-1-2-9-10(7-8)15(22)17(14(9)21)11-3-4-12(19)16-13(11)20/h3,5-7,16-18,21-22,31H,4,8-15,19-20H2,1-2H3;3-4,9-10,13-14,22H,5-8,11-12H2,1-2H3;1-2,5,7,11H,3-4,6H2,(H,16,19,20)/t22-,31?;14-;/m00./s1. The highest BCUT2D eigenvalue weighted by molar-refractivity contribution is 6.25. The Labute approximate surface area is 570 Å². The van der Waals surface area contributed by atoms with Crippen LogP contribution in [-0.2, 0) is 37.1 Å². The maximum atomic E-state index is 13.2. The Bertz CT molecular complexity index is 4390. The number of aliphatic imine (C=N–C) groups is 2. The fraction of sp³-hybridized carbons (Fsp3) is 0.411. The van der Waals surface area contributed by atoms with E-state index < -0.39 is 47.5 Å². The zero-order valence-corrected chi connectivity index (χ0v) is 55.5. The van der Waals surface area contributed by atoms with Gasteiger partial charge in [-0.1, -0.05) is 12.1 Å². The summed E-state index contributed by atoms with van der Waals surface area (Å²) < 4.78 is 23.5. The van der Waals surface area contributed by atoms with Crippen molar-refractivity contribution < 1.29 is 62.1 Å². The minimum atomic E-state index is -1.00. The van der Waals surface area contributed by atoms with Gasteiger partial charge < -0.3 is 34.1 Å². The molecule has 2 N–H and O–H groups in total. The molecule has 10 aliphatic rings. The summed E-state index contributed by atoms with van der Waals surface area (Å²) in [5, 5.41) is 5.60. The molecule has 26 heteroatoms. The van der Waals surface area contributed by atoms with Crippen molar-refractivity contribution in [3.05, 3.63) is 153 Å². The molecule has 4 atom stereocenters.